The largest absolute Gasteiger partial charge is 0.492 e. The van der Waals surface area contributed by atoms with Crippen LogP contribution in [0.25, 0.3) is 10.8 Å². The van der Waals surface area contributed by atoms with E-state index in [1.165, 1.54) is 10.9 Å². The second-order valence-electron chi connectivity index (χ2n) is 7.44. The van der Waals surface area contributed by atoms with Crippen LogP contribution in [0.4, 0.5) is 0 Å². The van der Waals surface area contributed by atoms with Gasteiger partial charge in [0.1, 0.15) is 12.4 Å². The molecule has 134 valence electrons. The van der Waals surface area contributed by atoms with E-state index in [1.54, 1.807) is 0 Å². The molecule has 0 atom stereocenters. The number of amides is 1. The van der Waals surface area contributed by atoms with E-state index >= 15 is 0 Å². The number of nitrogens with one attached hydrogen (secondary N) is 1. The van der Waals surface area contributed by atoms with E-state index < -0.39 is 0 Å². The highest BCUT2D eigenvalue weighted by Gasteiger charge is 2.14. The minimum absolute atomic E-state index is 0.0763. The monoisotopic (exact) mass is 347 g/mol. The molecule has 3 aromatic carbocycles. The lowest BCUT2D eigenvalue weighted by atomic mass is 9.87. The van der Waals surface area contributed by atoms with Crippen molar-refractivity contribution in [1.82, 2.24) is 5.32 Å². The second kappa shape index (κ2) is 7.61. The van der Waals surface area contributed by atoms with Crippen LogP contribution in [0.3, 0.4) is 0 Å². The van der Waals surface area contributed by atoms with Crippen molar-refractivity contribution >= 4 is 16.7 Å². The van der Waals surface area contributed by atoms with Crippen molar-refractivity contribution in [2.45, 2.75) is 26.2 Å². The summed E-state index contributed by atoms with van der Waals surface area (Å²) >= 11 is 0. The number of hydrogen-bond donors (Lipinski definition) is 1. The third kappa shape index (κ3) is 4.42. The average molecular weight is 347 g/mol. The Morgan fingerprint density at radius 1 is 0.923 bits per heavy atom. The Labute approximate surface area is 155 Å². The maximum absolute atomic E-state index is 12.2. The third-order valence-corrected chi connectivity index (χ3v) is 4.39. The zero-order valence-corrected chi connectivity index (χ0v) is 15.6. The van der Waals surface area contributed by atoms with E-state index in [9.17, 15) is 4.79 Å². The summed E-state index contributed by atoms with van der Waals surface area (Å²) in [4.78, 5) is 12.2. The van der Waals surface area contributed by atoms with Crippen LogP contribution >= 0.6 is 0 Å². The lowest BCUT2D eigenvalue weighted by molar-refractivity contribution is 0.0947. The van der Waals surface area contributed by atoms with Gasteiger partial charge < -0.3 is 10.1 Å². The van der Waals surface area contributed by atoms with Gasteiger partial charge in [-0.25, -0.2) is 0 Å². The van der Waals surface area contributed by atoms with Gasteiger partial charge in [-0.05, 0) is 46.0 Å². The third-order valence-electron chi connectivity index (χ3n) is 4.39. The van der Waals surface area contributed by atoms with E-state index in [4.69, 9.17) is 4.74 Å². The van der Waals surface area contributed by atoms with Crippen molar-refractivity contribution in [2.75, 3.05) is 13.2 Å². The van der Waals surface area contributed by atoms with Crippen LogP contribution < -0.4 is 10.1 Å². The topological polar surface area (TPSA) is 38.3 Å². The van der Waals surface area contributed by atoms with Crippen molar-refractivity contribution in [3.8, 4) is 5.75 Å². The molecule has 0 spiro atoms. The van der Waals surface area contributed by atoms with Crippen LogP contribution in [-0.4, -0.2) is 19.1 Å². The molecule has 0 fully saturated rings. The van der Waals surface area contributed by atoms with Gasteiger partial charge in [-0.2, -0.15) is 0 Å². The standard InChI is InChI=1S/C23H25NO2/c1-23(2,3)20-11-8-18(9-12-20)22(25)24-14-15-26-21-13-10-17-6-4-5-7-19(17)16-21/h4-13,16H,14-15H2,1-3H3,(H,24,25). The molecule has 3 aromatic rings. The molecule has 3 nitrogen and oxygen atoms in total. The first-order valence-electron chi connectivity index (χ1n) is 8.94. The van der Waals surface area contributed by atoms with Gasteiger partial charge in [-0.3, -0.25) is 4.79 Å². The second-order valence-corrected chi connectivity index (χ2v) is 7.44. The minimum atomic E-state index is -0.0763. The fourth-order valence-electron chi connectivity index (χ4n) is 2.81. The molecule has 3 heteroatoms. The summed E-state index contributed by atoms with van der Waals surface area (Å²) in [6.45, 7) is 7.38. The molecule has 0 bridgehead atoms. The molecule has 0 saturated heterocycles. The lowest BCUT2D eigenvalue weighted by Crippen LogP contribution is -2.28. The molecular formula is C23H25NO2. The minimum Gasteiger partial charge on any atom is -0.492 e. The van der Waals surface area contributed by atoms with E-state index in [0.717, 1.165) is 11.1 Å². The summed E-state index contributed by atoms with van der Waals surface area (Å²) in [5.74, 6) is 0.736. The van der Waals surface area contributed by atoms with Crippen molar-refractivity contribution in [3.63, 3.8) is 0 Å². The molecule has 0 radical (unpaired) electrons. The van der Waals surface area contributed by atoms with Gasteiger partial charge in [-0.1, -0.05) is 63.2 Å². The van der Waals surface area contributed by atoms with Gasteiger partial charge in [0.15, 0.2) is 0 Å². The summed E-state index contributed by atoms with van der Waals surface area (Å²) in [5, 5.41) is 5.23. The maximum Gasteiger partial charge on any atom is 0.251 e. The normalized spacial score (nSPS) is 11.3. The van der Waals surface area contributed by atoms with Gasteiger partial charge in [0.25, 0.3) is 5.91 Å². The Morgan fingerprint density at radius 2 is 1.62 bits per heavy atom. The summed E-state index contributed by atoms with van der Waals surface area (Å²) in [6.07, 6.45) is 0. The van der Waals surface area contributed by atoms with Crippen LogP contribution in [0, 0.1) is 0 Å². The van der Waals surface area contributed by atoms with Gasteiger partial charge in [0.05, 0.1) is 6.54 Å². The predicted octanol–water partition coefficient (Wildman–Crippen LogP) is 4.95. The highest BCUT2D eigenvalue weighted by Crippen LogP contribution is 2.22. The molecule has 3 rings (SSSR count). The number of ether oxygens (including phenoxy) is 1. The van der Waals surface area contributed by atoms with Gasteiger partial charge in [-0.15, -0.1) is 0 Å². The highest BCUT2D eigenvalue weighted by molar-refractivity contribution is 5.94. The quantitative estimate of drug-likeness (QED) is 0.664. The molecule has 26 heavy (non-hydrogen) atoms. The van der Waals surface area contributed by atoms with E-state index in [1.807, 2.05) is 54.6 Å². The first-order valence-corrected chi connectivity index (χ1v) is 8.94. The predicted molar refractivity (Wildman–Crippen MR) is 107 cm³/mol. The van der Waals surface area contributed by atoms with Crippen molar-refractivity contribution in [1.29, 1.82) is 0 Å². The van der Waals surface area contributed by atoms with Crippen molar-refractivity contribution in [3.05, 3.63) is 77.9 Å². The smallest absolute Gasteiger partial charge is 0.251 e. The first-order chi connectivity index (χ1) is 12.4. The molecular weight excluding hydrogens is 322 g/mol. The highest BCUT2D eigenvalue weighted by atomic mass is 16.5. The fraction of sp³-hybridized carbons (Fsp3) is 0.261. The molecule has 1 N–H and O–H groups in total. The molecule has 1 amide bonds. The summed E-state index contributed by atoms with van der Waals surface area (Å²) in [6, 6.07) is 22.0. The number of fused-ring (bicyclic) bond motifs is 1. The van der Waals surface area contributed by atoms with Gasteiger partial charge >= 0.3 is 0 Å². The molecule has 0 heterocycles. The molecule has 0 unspecified atom stereocenters. The van der Waals surface area contributed by atoms with E-state index in [0.29, 0.717) is 18.7 Å². The molecule has 0 aliphatic rings. The number of rotatable bonds is 5. The number of carbonyl (C=O) groups is 1. The van der Waals surface area contributed by atoms with Crippen LogP contribution in [0.1, 0.15) is 36.7 Å². The summed E-state index contributed by atoms with van der Waals surface area (Å²) in [5.41, 5.74) is 1.97. The van der Waals surface area contributed by atoms with Gasteiger partial charge in [0, 0.05) is 5.56 Å². The maximum atomic E-state index is 12.2. The van der Waals surface area contributed by atoms with Crippen LogP contribution in [0.5, 0.6) is 5.75 Å². The lowest BCUT2D eigenvalue weighted by Gasteiger charge is -2.19. The number of benzene rings is 3. The van der Waals surface area contributed by atoms with Crippen molar-refractivity contribution < 1.29 is 9.53 Å². The molecule has 0 aromatic heterocycles. The van der Waals surface area contributed by atoms with Crippen LogP contribution in [0.15, 0.2) is 66.7 Å². The van der Waals surface area contributed by atoms with Crippen LogP contribution in [0.2, 0.25) is 0 Å². The number of carbonyl (C=O) groups excluding carboxylic acids is 1. The number of hydrogen-bond acceptors (Lipinski definition) is 2. The van der Waals surface area contributed by atoms with E-state index in [-0.39, 0.29) is 11.3 Å². The Bertz CT molecular complexity index is 892. The fourth-order valence-corrected chi connectivity index (χ4v) is 2.81. The first kappa shape index (κ1) is 18.0. The Kier molecular flexibility index (Phi) is 5.27. The van der Waals surface area contributed by atoms with E-state index in [2.05, 4.69) is 38.2 Å². The average Bonchev–Trinajstić information content (AvgIpc) is 2.64. The Morgan fingerprint density at radius 3 is 2.31 bits per heavy atom. The molecule has 0 aliphatic carbocycles. The summed E-state index contributed by atoms with van der Waals surface area (Å²) < 4.78 is 5.75. The van der Waals surface area contributed by atoms with Crippen molar-refractivity contribution in [2.24, 2.45) is 0 Å². The zero-order valence-electron chi connectivity index (χ0n) is 15.6. The van der Waals surface area contributed by atoms with Crippen LogP contribution in [-0.2, 0) is 5.41 Å². The zero-order chi connectivity index (χ0) is 18.6. The summed E-state index contributed by atoms with van der Waals surface area (Å²) in [7, 11) is 0. The van der Waals surface area contributed by atoms with Gasteiger partial charge in [0.2, 0.25) is 0 Å². The molecule has 0 aliphatic heterocycles. The Hall–Kier alpha value is -2.81. The Balaban J connectivity index is 1.50. The SMILES string of the molecule is CC(C)(C)c1ccc(C(=O)NCCOc2ccc3ccccc3c2)cc1. The molecule has 0 saturated carbocycles.